The molecule has 0 aliphatic heterocycles. The molecular weight excluding hydrogens is 268 g/mol. The van der Waals surface area contributed by atoms with Crippen LogP contribution in [0.25, 0.3) is 0 Å². The van der Waals surface area contributed by atoms with Crippen LogP contribution in [0.4, 0.5) is 0 Å². The monoisotopic (exact) mass is 290 g/mol. The van der Waals surface area contributed by atoms with Gasteiger partial charge in [-0.1, -0.05) is 19.1 Å². The zero-order valence-electron chi connectivity index (χ0n) is 12.7. The largest absolute Gasteiger partial charge is 0.346 e. The quantitative estimate of drug-likeness (QED) is 0.812. The topological polar surface area (TPSA) is 88.5 Å². The Balaban J connectivity index is 1.91. The van der Waals surface area contributed by atoms with Crippen molar-refractivity contribution in [3.8, 4) is 0 Å². The van der Waals surface area contributed by atoms with Gasteiger partial charge in [-0.15, -0.1) is 5.10 Å². The molecule has 2 N–H and O–H groups in total. The van der Waals surface area contributed by atoms with E-state index in [0.717, 1.165) is 18.5 Å². The molecule has 1 atom stereocenters. The maximum atomic E-state index is 11.9. The number of nitrogens with one attached hydrogen (secondary N) is 2. The number of rotatable bonds is 7. The van der Waals surface area contributed by atoms with E-state index < -0.39 is 0 Å². The van der Waals surface area contributed by atoms with Gasteiger partial charge in [-0.25, -0.2) is 0 Å². The molecule has 0 saturated carbocycles. The first-order chi connectivity index (χ1) is 10.1. The summed E-state index contributed by atoms with van der Waals surface area (Å²) in [4.78, 5) is 11.9. The third-order valence-electron chi connectivity index (χ3n) is 3.54. The molecule has 0 fully saturated rings. The lowest BCUT2D eigenvalue weighted by Gasteiger charge is -2.12. The van der Waals surface area contributed by atoms with Crippen LogP contribution in [-0.2, 0) is 6.54 Å². The minimum Gasteiger partial charge on any atom is -0.346 e. The fraction of sp³-hybridized carbons (Fsp3) is 0.571. The lowest BCUT2D eigenvalue weighted by molar-refractivity contribution is 0.0931. The van der Waals surface area contributed by atoms with Gasteiger partial charge in [0.2, 0.25) is 0 Å². The van der Waals surface area contributed by atoms with Crippen molar-refractivity contribution in [2.45, 2.75) is 52.1 Å². The van der Waals surface area contributed by atoms with Gasteiger partial charge in [0.25, 0.3) is 5.91 Å². The second-order valence-corrected chi connectivity index (χ2v) is 5.22. The van der Waals surface area contributed by atoms with Crippen molar-refractivity contribution >= 4 is 5.91 Å². The lowest BCUT2D eigenvalue weighted by Crippen LogP contribution is -2.36. The number of nitrogens with zero attached hydrogens (tertiary/aromatic N) is 4. The molecule has 2 aromatic heterocycles. The fourth-order valence-corrected chi connectivity index (χ4v) is 2.31. The number of hydrogen-bond donors (Lipinski definition) is 2. The number of carbonyl (C=O) groups is 1. The van der Waals surface area contributed by atoms with Crippen LogP contribution in [-0.4, -0.2) is 37.1 Å². The van der Waals surface area contributed by atoms with Crippen molar-refractivity contribution in [3.05, 3.63) is 29.8 Å². The van der Waals surface area contributed by atoms with Crippen molar-refractivity contribution in [1.82, 2.24) is 30.5 Å². The van der Waals surface area contributed by atoms with E-state index in [1.54, 1.807) is 16.9 Å². The third kappa shape index (κ3) is 3.90. The van der Waals surface area contributed by atoms with Crippen molar-refractivity contribution in [1.29, 1.82) is 0 Å². The molecule has 0 aromatic carbocycles. The molecule has 7 heteroatoms. The Morgan fingerprint density at radius 1 is 1.43 bits per heavy atom. The third-order valence-corrected chi connectivity index (χ3v) is 3.54. The number of H-pyrrole nitrogens is 1. The Bertz CT molecular complexity index is 558. The van der Waals surface area contributed by atoms with Gasteiger partial charge in [0.05, 0.1) is 12.2 Å². The molecule has 2 heterocycles. The minimum atomic E-state index is -0.166. The molecule has 0 aliphatic rings. The number of amides is 1. The molecule has 114 valence electrons. The molecule has 0 radical (unpaired) electrons. The first kappa shape index (κ1) is 15.2. The number of aromatic nitrogens is 5. The molecule has 21 heavy (non-hydrogen) atoms. The standard InChI is InChI=1S/C14H22N6O/c1-4-11(5-2)13-9-20(19-18-13)8-10(3)16-14(21)12-6-7-15-17-12/h6-7,9-11H,4-5,8H2,1-3H3,(H,15,17)(H,16,21)/t10-/m1/s1. The Morgan fingerprint density at radius 3 is 2.81 bits per heavy atom. The van der Waals surface area contributed by atoms with E-state index in [-0.39, 0.29) is 11.9 Å². The first-order valence-corrected chi connectivity index (χ1v) is 7.34. The van der Waals surface area contributed by atoms with Crippen LogP contribution in [0.1, 0.15) is 55.7 Å². The highest BCUT2D eigenvalue weighted by molar-refractivity contribution is 5.92. The van der Waals surface area contributed by atoms with Crippen LogP contribution in [0.15, 0.2) is 18.5 Å². The van der Waals surface area contributed by atoms with Gasteiger partial charge < -0.3 is 5.32 Å². The van der Waals surface area contributed by atoms with Gasteiger partial charge in [-0.2, -0.15) is 5.10 Å². The Morgan fingerprint density at radius 2 is 2.19 bits per heavy atom. The number of hydrogen-bond acceptors (Lipinski definition) is 4. The average molecular weight is 290 g/mol. The second kappa shape index (κ2) is 7.01. The molecule has 7 nitrogen and oxygen atoms in total. The van der Waals surface area contributed by atoms with Crippen LogP contribution in [0, 0.1) is 0 Å². The highest BCUT2D eigenvalue weighted by Crippen LogP contribution is 2.19. The van der Waals surface area contributed by atoms with Crippen molar-refractivity contribution in [3.63, 3.8) is 0 Å². The molecule has 2 rings (SSSR count). The normalized spacial score (nSPS) is 12.6. The maximum absolute atomic E-state index is 11.9. The molecule has 0 bridgehead atoms. The number of carbonyl (C=O) groups excluding carboxylic acids is 1. The predicted molar refractivity (Wildman–Crippen MR) is 78.9 cm³/mol. The van der Waals surface area contributed by atoms with E-state index in [2.05, 4.69) is 39.7 Å². The average Bonchev–Trinajstić information content (AvgIpc) is 3.11. The predicted octanol–water partition coefficient (Wildman–Crippen LogP) is 1.72. The molecule has 0 spiro atoms. The summed E-state index contributed by atoms with van der Waals surface area (Å²) < 4.78 is 1.78. The Kier molecular flexibility index (Phi) is 5.08. The van der Waals surface area contributed by atoms with E-state index >= 15 is 0 Å². The summed E-state index contributed by atoms with van der Waals surface area (Å²) in [5.74, 6) is 0.286. The molecular formula is C14H22N6O. The zero-order valence-corrected chi connectivity index (χ0v) is 12.7. The summed E-state index contributed by atoms with van der Waals surface area (Å²) in [5.41, 5.74) is 1.48. The first-order valence-electron chi connectivity index (χ1n) is 7.34. The van der Waals surface area contributed by atoms with Crippen molar-refractivity contribution in [2.75, 3.05) is 0 Å². The van der Waals surface area contributed by atoms with Crippen LogP contribution < -0.4 is 5.32 Å². The van der Waals surface area contributed by atoms with E-state index in [1.165, 1.54) is 0 Å². The number of aromatic amines is 1. The molecule has 0 saturated heterocycles. The summed E-state index contributed by atoms with van der Waals surface area (Å²) in [6, 6.07) is 1.60. The Hall–Kier alpha value is -2.18. The van der Waals surface area contributed by atoms with Crippen molar-refractivity contribution < 1.29 is 4.79 Å². The van der Waals surface area contributed by atoms with E-state index in [1.807, 2.05) is 13.1 Å². The second-order valence-electron chi connectivity index (χ2n) is 5.22. The van der Waals surface area contributed by atoms with Crippen molar-refractivity contribution in [2.24, 2.45) is 0 Å². The zero-order chi connectivity index (χ0) is 15.2. The lowest BCUT2D eigenvalue weighted by atomic mass is 10.0. The Labute approximate surface area is 124 Å². The van der Waals surface area contributed by atoms with Gasteiger partial charge in [-0.3, -0.25) is 14.6 Å². The van der Waals surface area contributed by atoms with Crippen LogP contribution in [0.2, 0.25) is 0 Å². The van der Waals surface area contributed by atoms with Crippen LogP contribution >= 0.6 is 0 Å². The van der Waals surface area contributed by atoms with Gasteiger partial charge in [-0.05, 0) is 25.8 Å². The summed E-state index contributed by atoms with van der Waals surface area (Å²) in [7, 11) is 0. The summed E-state index contributed by atoms with van der Waals surface area (Å²) in [6.07, 6.45) is 5.64. The molecule has 1 amide bonds. The van der Waals surface area contributed by atoms with Gasteiger partial charge in [0.1, 0.15) is 5.69 Å². The molecule has 0 unspecified atom stereocenters. The van der Waals surface area contributed by atoms with Crippen LogP contribution in [0.3, 0.4) is 0 Å². The van der Waals surface area contributed by atoms with Gasteiger partial charge in [0, 0.05) is 24.4 Å². The highest BCUT2D eigenvalue weighted by atomic mass is 16.2. The summed E-state index contributed by atoms with van der Waals surface area (Å²) in [5, 5.41) is 17.7. The van der Waals surface area contributed by atoms with E-state index in [4.69, 9.17) is 0 Å². The molecule has 0 aliphatic carbocycles. The van der Waals surface area contributed by atoms with E-state index in [0.29, 0.717) is 18.2 Å². The fourth-order valence-electron chi connectivity index (χ4n) is 2.31. The highest BCUT2D eigenvalue weighted by Gasteiger charge is 2.14. The van der Waals surface area contributed by atoms with E-state index in [9.17, 15) is 4.79 Å². The van der Waals surface area contributed by atoms with Gasteiger partial charge >= 0.3 is 0 Å². The van der Waals surface area contributed by atoms with Gasteiger partial charge in [0.15, 0.2) is 0 Å². The smallest absolute Gasteiger partial charge is 0.269 e. The summed E-state index contributed by atoms with van der Waals surface area (Å²) >= 11 is 0. The SMILES string of the molecule is CCC(CC)c1cn(C[C@@H](C)NC(=O)c2ccn[nH]2)nn1. The minimum absolute atomic E-state index is 0.0444. The maximum Gasteiger partial charge on any atom is 0.269 e. The van der Waals surface area contributed by atoms with Crippen LogP contribution in [0.5, 0.6) is 0 Å². The summed E-state index contributed by atoms with van der Waals surface area (Å²) in [6.45, 7) is 6.83. The molecule has 2 aromatic rings.